The summed E-state index contributed by atoms with van der Waals surface area (Å²) in [6.45, 7) is 12.7. The number of hydrogen-bond donors (Lipinski definition) is 0. The highest BCUT2D eigenvalue weighted by Gasteiger charge is 2.50. The van der Waals surface area contributed by atoms with Gasteiger partial charge in [0.2, 0.25) is 0 Å². The monoisotopic (exact) mass is 465 g/mol. The van der Waals surface area contributed by atoms with Crippen LogP contribution in [-0.4, -0.2) is 44.0 Å². The van der Waals surface area contributed by atoms with E-state index >= 15 is 0 Å². The van der Waals surface area contributed by atoms with E-state index in [1.165, 1.54) is 21.3 Å². The molecule has 0 N–H and O–H groups in total. The first-order chi connectivity index (χ1) is 15.4. The SMILES string of the molecule is CC(C)(C)OC(=O)N1CC(CO[Si](c2ccccc2)(c2ccccc2)C(C)(C)C)C=CC1=O. The summed E-state index contributed by atoms with van der Waals surface area (Å²) >= 11 is 0. The molecule has 2 aromatic rings. The molecule has 0 spiro atoms. The molecule has 3 rings (SSSR count). The first kappa shape index (κ1) is 24.9. The standard InChI is InChI=1S/C27H35NO4Si/c1-26(2,3)32-25(30)28-19-21(17-18-24(28)29)20-31-33(27(4,5)6,22-13-9-7-10-14-22)23-15-11-8-12-16-23/h7-18,21H,19-20H2,1-6H3. The highest BCUT2D eigenvalue weighted by atomic mass is 28.4. The third-order valence-electron chi connectivity index (χ3n) is 5.74. The molecule has 176 valence electrons. The van der Waals surface area contributed by atoms with Gasteiger partial charge in [0, 0.05) is 25.1 Å². The number of benzene rings is 2. The van der Waals surface area contributed by atoms with Gasteiger partial charge in [0.15, 0.2) is 0 Å². The Labute approximate surface area is 198 Å². The quantitative estimate of drug-likeness (QED) is 0.610. The lowest BCUT2D eigenvalue weighted by Gasteiger charge is -2.44. The van der Waals surface area contributed by atoms with Gasteiger partial charge in [-0.25, -0.2) is 9.69 Å². The second-order valence-electron chi connectivity index (χ2n) is 10.5. The summed E-state index contributed by atoms with van der Waals surface area (Å²) in [4.78, 5) is 26.1. The van der Waals surface area contributed by atoms with Gasteiger partial charge in [-0.15, -0.1) is 0 Å². The molecule has 1 atom stereocenters. The summed E-state index contributed by atoms with van der Waals surface area (Å²) in [6, 6.07) is 20.9. The smallest absolute Gasteiger partial charge is 0.417 e. The van der Waals surface area contributed by atoms with Crippen LogP contribution in [0.2, 0.25) is 5.04 Å². The minimum atomic E-state index is -2.69. The van der Waals surface area contributed by atoms with E-state index in [1.807, 2.05) is 18.2 Å². The number of ether oxygens (including phenoxy) is 1. The Hall–Kier alpha value is -2.70. The lowest BCUT2D eigenvalue weighted by molar-refractivity contribution is -0.126. The van der Waals surface area contributed by atoms with E-state index in [1.54, 1.807) is 20.8 Å². The molecule has 0 saturated heterocycles. The molecule has 0 saturated carbocycles. The summed E-state index contributed by atoms with van der Waals surface area (Å²) in [5.74, 6) is -0.470. The van der Waals surface area contributed by atoms with Crippen LogP contribution >= 0.6 is 0 Å². The fourth-order valence-corrected chi connectivity index (χ4v) is 8.90. The maximum Gasteiger partial charge on any atom is 0.417 e. The van der Waals surface area contributed by atoms with Gasteiger partial charge in [0.05, 0.1) is 0 Å². The van der Waals surface area contributed by atoms with Crippen LogP contribution in [0.4, 0.5) is 4.79 Å². The number of hydrogen-bond acceptors (Lipinski definition) is 4. The predicted molar refractivity (Wildman–Crippen MR) is 134 cm³/mol. The summed E-state index contributed by atoms with van der Waals surface area (Å²) in [5, 5.41) is 2.25. The van der Waals surface area contributed by atoms with Gasteiger partial charge < -0.3 is 9.16 Å². The van der Waals surface area contributed by atoms with Crippen molar-refractivity contribution in [1.29, 1.82) is 0 Å². The first-order valence-electron chi connectivity index (χ1n) is 11.4. The second-order valence-corrected chi connectivity index (χ2v) is 14.8. The van der Waals surface area contributed by atoms with Gasteiger partial charge in [-0.2, -0.15) is 0 Å². The number of carbonyl (C=O) groups is 2. The van der Waals surface area contributed by atoms with Crippen molar-refractivity contribution in [3.05, 3.63) is 72.8 Å². The van der Waals surface area contributed by atoms with Crippen LogP contribution in [-0.2, 0) is 14.0 Å². The zero-order chi connectivity index (χ0) is 24.3. The van der Waals surface area contributed by atoms with E-state index in [-0.39, 0.29) is 23.4 Å². The molecular weight excluding hydrogens is 430 g/mol. The third kappa shape index (κ3) is 5.62. The van der Waals surface area contributed by atoms with Crippen molar-refractivity contribution in [2.45, 2.75) is 52.2 Å². The van der Waals surface area contributed by atoms with Crippen molar-refractivity contribution < 1.29 is 18.8 Å². The van der Waals surface area contributed by atoms with Crippen molar-refractivity contribution in [2.24, 2.45) is 5.92 Å². The molecule has 0 aromatic heterocycles. The molecular formula is C27H35NO4Si. The number of imide groups is 1. The molecule has 33 heavy (non-hydrogen) atoms. The Kier molecular flexibility index (Phi) is 7.29. The van der Waals surface area contributed by atoms with Crippen molar-refractivity contribution >= 4 is 30.7 Å². The summed E-state index contributed by atoms with van der Waals surface area (Å²) in [5.41, 5.74) is -0.667. The first-order valence-corrected chi connectivity index (χ1v) is 13.3. The lowest BCUT2D eigenvalue weighted by atomic mass is 10.1. The minimum Gasteiger partial charge on any atom is -0.443 e. The summed E-state index contributed by atoms with van der Waals surface area (Å²) in [6.07, 6.45) is 2.68. The van der Waals surface area contributed by atoms with Crippen LogP contribution in [0.1, 0.15) is 41.5 Å². The highest BCUT2D eigenvalue weighted by molar-refractivity contribution is 6.99. The molecule has 1 aliphatic heterocycles. The second kappa shape index (κ2) is 9.65. The fourth-order valence-electron chi connectivity index (χ4n) is 4.28. The number of carbonyl (C=O) groups excluding carboxylic acids is 2. The largest absolute Gasteiger partial charge is 0.443 e. The molecule has 2 amide bonds. The van der Waals surface area contributed by atoms with Gasteiger partial charge >= 0.3 is 6.09 Å². The van der Waals surface area contributed by atoms with Crippen LogP contribution in [0, 0.1) is 5.92 Å². The Morgan fingerprint density at radius 2 is 1.45 bits per heavy atom. The molecule has 1 heterocycles. The molecule has 0 fully saturated rings. The van der Waals surface area contributed by atoms with Crippen LogP contribution in [0.5, 0.6) is 0 Å². The fraction of sp³-hybridized carbons (Fsp3) is 0.407. The van der Waals surface area contributed by atoms with Gasteiger partial charge in [-0.1, -0.05) is 87.5 Å². The van der Waals surface area contributed by atoms with E-state index in [9.17, 15) is 9.59 Å². The molecule has 0 aliphatic carbocycles. The average molecular weight is 466 g/mol. The molecule has 6 heteroatoms. The van der Waals surface area contributed by atoms with Gasteiger partial charge in [-0.05, 0) is 36.2 Å². The minimum absolute atomic E-state index is 0.114. The number of rotatable bonds is 5. The van der Waals surface area contributed by atoms with Crippen LogP contribution in [0.25, 0.3) is 0 Å². The highest BCUT2D eigenvalue weighted by Crippen LogP contribution is 2.37. The molecule has 0 radical (unpaired) electrons. The van der Waals surface area contributed by atoms with Crippen molar-refractivity contribution in [2.75, 3.05) is 13.2 Å². The molecule has 0 bridgehead atoms. The molecule has 2 aromatic carbocycles. The third-order valence-corrected chi connectivity index (χ3v) is 10.7. The summed E-state index contributed by atoms with van der Waals surface area (Å²) < 4.78 is 12.4. The molecule has 1 unspecified atom stereocenters. The maximum atomic E-state index is 12.6. The van der Waals surface area contributed by atoms with Crippen LogP contribution in [0.3, 0.4) is 0 Å². The van der Waals surface area contributed by atoms with E-state index in [0.29, 0.717) is 6.61 Å². The Bertz CT molecular complexity index is 951. The van der Waals surface area contributed by atoms with E-state index in [0.717, 1.165) is 0 Å². The van der Waals surface area contributed by atoms with Crippen molar-refractivity contribution in [3.63, 3.8) is 0 Å². The zero-order valence-corrected chi connectivity index (χ0v) is 21.5. The summed E-state index contributed by atoms with van der Waals surface area (Å²) in [7, 11) is -2.69. The maximum absolute atomic E-state index is 12.6. The Balaban J connectivity index is 1.91. The zero-order valence-electron chi connectivity index (χ0n) is 20.5. The van der Waals surface area contributed by atoms with E-state index in [2.05, 4.69) is 69.3 Å². The van der Waals surface area contributed by atoms with Crippen molar-refractivity contribution in [3.8, 4) is 0 Å². The topological polar surface area (TPSA) is 55.8 Å². The van der Waals surface area contributed by atoms with E-state index in [4.69, 9.17) is 9.16 Å². The molecule has 5 nitrogen and oxygen atoms in total. The predicted octanol–water partition coefficient (Wildman–Crippen LogP) is 4.51. The van der Waals surface area contributed by atoms with Crippen LogP contribution < -0.4 is 10.4 Å². The van der Waals surface area contributed by atoms with Crippen molar-refractivity contribution in [1.82, 2.24) is 4.90 Å². The number of amides is 2. The normalized spacial score (nSPS) is 17.2. The van der Waals surface area contributed by atoms with Gasteiger partial charge in [-0.3, -0.25) is 4.79 Å². The lowest BCUT2D eigenvalue weighted by Crippen LogP contribution is -2.67. The van der Waals surface area contributed by atoms with Crippen LogP contribution in [0.15, 0.2) is 72.8 Å². The van der Waals surface area contributed by atoms with E-state index < -0.39 is 20.0 Å². The Morgan fingerprint density at radius 1 is 0.939 bits per heavy atom. The van der Waals surface area contributed by atoms with Gasteiger partial charge in [0.1, 0.15) is 5.60 Å². The Morgan fingerprint density at radius 3 is 1.91 bits per heavy atom. The molecule has 1 aliphatic rings. The number of nitrogens with zero attached hydrogens (tertiary/aromatic N) is 1. The van der Waals surface area contributed by atoms with Gasteiger partial charge in [0.25, 0.3) is 14.2 Å². The average Bonchev–Trinajstić information content (AvgIpc) is 2.74.